The van der Waals surface area contributed by atoms with Crippen LogP contribution in [0.2, 0.25) is 0 Å². The van der Waals surface area contributed by atoms with E-state index in [1.54, 1.807) is 13.2 Å². The minimum absolute atomic E-state index is 0.0737. The Morgan fingerprint density at radius 3 is 2.41 bits per heavy atom. The number of pyridine rings is 1. The van der Waals surface area contributed by atoms with Crippen molar-refractivity contribution in [2.75, 3.05) is 40.5 Å². The van der Waals surface area contributed by atoms with E-state index in [1.807, 2.05) is 24.0 Å². The van der Waals surface area contributed by atoms with Gasteiger partial charge in [0.25, 0.3) is 5.91 Å². The smallest absolute Gasteiger partial charge is 0.339 e. The van der Waals surface area contributed by atoms with Gasteiger partial charge in [-0.15, -0.1) is 0 Å². The fourth-order valence-electron chi connectivity index (χ4n) is 6.63. The fraction of sp³-hybridized carbons (Fsp3) is 0.457. The standard InChI is InChI=1S/C35H40FN3O5/c1-4-44-33-19-28(23-7-9-25(36)10-8-23)27(22-5-6-22)17-24(33)20-38-14-11-26(12-15-38)39-16-13-31-29(34(39)40)18-30(35(41)43-3)32(37-31)21-42-2/h7-10,17-19,22,26H,4-6,11-16,20-21H2,1-3H3. The van der Waals surface area contributed by atoms with E-state index in [1.165, 1.54) is 43.2 Å². The number of benzene rings is 2. The van der Waals surface area contributed by atoms with E-state index in [0.717, 1.165) is 49.4 Å². The number of carbonyl (C=O) groups excluding carboxylic acids is 2. The third-order valence-corrected chi connectivity index (χ3v) is 9.04. The van der Waals surface area contributed by atoms with Gasteiger partial charge in [0.15, 0.2) is 0 Å². The van der Waals surface area contributed by atoms with E-state index in [9.17, 15) is 14.0 Å². The fourth-order valence-corrected chi connectivity index (χ4v) is 6.63. The number of hydrogen-bond donors (Lipinski definition) is 0. The molecule has 0 unspecified atom stereocenters. The summed E-state index contributed by atoms with van der Waals surface area (Å²) in [6.45, 7) is 5.86. The van der Waals surface area contributed by atoms with Gasteiger partial charge < -0.3 is 19.1 Å². The molecule has 9 heteroatoms. The maximum atomic E-state index is 13.7. The molecule has 2 fully saturated rings. The molecule has 8 nitrogen and oxygen atoms in total. The first-order valence-corrected chi connectivity index (χ1v) is 15.6. The van der Waals surface area contributed by atoms with Gasteiger partial charge in [-0.3, -0.25) is 14.7 Å². The normalized spacial score (nSPS) is 17.5. The van der Waals surface area contributed by atoms with Crippen molar-refractivity contribution in [3.05, 3.63) is 81.9 Å². The Hall–Kier alpha value is -3.82. The lowest BCUT2D eigenvalue weighted by molar-refractivity contribution is 0.0542. The first-order chi connectivity index (χ1) is 21.4. The van der Waals surface area contributed by atoms with E-state index in [2.05, 4.69) is 22.0 Å². The number of methoxy groups -OCH3 is 2. The van der Waals surface area contributed by atoms with Crippen molar-refractivity contribution in [2.45, 2.75) is 64.1 Å². The molecule has 44 heavy (non-hydrogen) atoms. The van der Waals surface area contributed by atoms with Gasteiger partial charge in [-0.25, -0.2) is 9.18 Å². The predicted octanol–water partition coefficient (Wildman–Crippen LogP) is 5.76. The molecule has 6 rings (SSSR count). The highest BCUT2D eigenvalue weighted by Crippen LogP contribution is 2.46. The summed E-state index contributed by atoms with van der Waals surface area (Å²) in [6, 6.07) is 12.9. The van der Waals surface area contributed by atoms with E-state index in [0.29, 0.717) is 42.4 Å². The Balaban J connectivity index is 1.16. The van der Waals surface area contributed by atoms with Crippen LogP contribution in [0, 0.1) is 5.82 Å². The molecule has 3 aromatic rings. The largest absolute Gasteiger partial charge is 0.494 e. The molecule has 2 aromatic carbocycles. The number of halogens is 1. The van der Waals surface area contributed by atoms with Gasteiger partial charge in [0.1, 0.15) is 11.6 Å². The Morgan fingerprint density at radius 1 is 1.00 bits per heavy atom. The molecule has 3 heterocycles. The minimum Gasteiger partial charge on any atom is -0.494 e. The number of amides is 1. The summed E-state index contributed by atoms with van der Waals surface area (Å²) in [6.07, 6.45) is 4.72. The Kier molecular flexibility index (Phi) is 8.96. The minimum atomic E-state index is -0.521. The van der Waals surface area contributed by atoms with Crippen molar-refractivity contribution in [1.82, 2.24) is 14.8 Å². The Morgan fingerprint density at radius 2 is 1.75 bits per heavy atom. The zero-order valence-electron chi connectivity index (χ0n) is 25.7. The maximum Gasteiger partial charge on any atom is 0.339 e. The van der Waals surface area contributed by atoms with Crippen LogP contribution in [-0.2, 0) is 29.0 Å². The van der Waals surface area contributed by atoms with Crippen LogP contribution in [0.4, 0.5) is 4.39 Å². The molecule has 1 aromatic heterocycles. The predicted molar refractivity (Wildman–Crippen MR) is 164 cm³/mol. The quantitative estimate of drug-likeness (QED) is 0.274. The van der Waals surface area contributed by atoms with Crippen LogP contribution in [0.5, 0.6) is 5.75 Å². The first-order valence-electron chi connectivity index (χ1n) is 15.6. The molecule has 0 radical (unpaired) electrons. The molecule has 1 aliphatic carbocycles. The Bertz CT molecular complexity index is 1530. The van der Waals surface area contributed by atoms with Gasteiger partial charge in [-0.05, 0) is 85.5 Å². The molecular formula is C35H40FN3O5. The van der Waals surface area contributed by atoms with Gasteiger partial charge in [0.2, 0.25) is 0 Å². The lowest BCUT2D eigenvalue weighted by atomic mass is 9.93. The van der Waals surface area contributed by atoms with E-state index >= 15 is 0 Å². The monoisotopic (exact) mass is 601 g/mol. The number of fused-ring (bicyclic) bond motifs is 1. The van der Waals surface area contributed by atoms with Crippen LogP contribution in [0.15, 0.2) is 42.5 Å². The van der Waals surface area contributed by atoms with Crippen molar-refractivity contribution in [3.8, 4) is 16.9 Å². The van der Waals surface area contributed by atoms with Crippen LogP contribution in [0.3, 0.4) is 0 Å². The number of carbonyl (C=O) groups is 2. The summed E-state index contributed by atoms with van der Waals surface area (Å²) in [7, 11) is 2.87. The summed E-state index contributed by atoms with van der Waals surface area (Å²) < 4.78 is 30.0. The molecule has 0 spiro atoms. The number of likely N-dealkylation sites (tertiary alicyclic amines) is 1. The Labute approximate surface area is 258 Å². The molecule has 0 bridgehead atoms. The molecular weight excluding hydrogens is 561 g/mol. The van der Waals surface area contributed by atoms with Gasteiger partial charge >= 0.3 is 5.97 Å². The number of hydrogen-bond acceptors (Lipinski definition) is 7. The molecule has 1 amide bonds. The number of esters is 1. The average Bonchev–Trinajstić information content (AvgIpc) is 3.88. The summed E-state index contributed by atoms with van der Waals surface area (Å²) in [4.78, 5) is 35.1. The molecule has 2 aliphatic heterocycles. The van der Waals surface area contributed by atoms with Crippen molar-refractivity contribution in [2.24, 2.45) is 0 Å². The van der Waals surface area contributed by atoms with E-state index in [-0.39, 0.29) is 29.9 Å². The lowest BCUT2D eigenvalue weighted by Gasteiger charge is -2.40. The molecule has 1 saturated carbocycles. The van der Waals surface area contributed by atoms with Gasteiger partial charge in [-0.1, -0.05) is 12.1 Å². The van der Waals surface area contributed by atoms with Crippen LogP contribution in [0.1, 0.15) is 81.8 Å². The van der Waals surface area contributed by atoms with Gasteiger partial charge in [-0.2, -0.15) is 0 Å². The molecule has 0 N–H and O–H groups in total. The van der Waals surface area contributed by atoms with Gasteiger partial charge in [0, 0.05) is 51.3 Å². The second kappa shape index (κ2) is 13.0. The maximum absolute atomic E-state index is 13.7. The highest BCUT2D eigenvalue weighted by molar-refractivity contribution is 6.00. The third kappa shape index (κ3) is 6.21. The molecule has 232 valence electrons. The van der Waals surface area contributed by atoms with Crippen LogP contribution in [-0.4, -0.2) is 73.2 Å². The SMILES string of the molecule is CCOc1cc(-c2ccc(F)cc2)c(C2CC2)cc1CN1CCC(N2CCc3nc(COC)c(C(=O)OC)cc3C2=O)CC1. The highest BCUT2D eigenvalue weighted by Gasteiger charge is 2.35. The average molecular weight is 602 g/mol. The molecule has 1 saturated heterocycles. The zero-order valence-corrected chi connectivity index (χ0v) is 25.7. The lowest BCUT2D eigenvalue weighted by Crippen LogP contribution is -2.50. The third-order valence-electron chi connectivity index (χ3n) is 9.04. The second-order valence-electron chi connectivity index (χ2n) is 11.9. The second-order valence-corrected chi connectivity index (χ2v) is 11.9. The van der Waals surface area contributed by atoms with E-state index < -0.39 is 5.97 Å². The van der Waals surface area contributed by atoms with E-state index in [4.69, 9.17) is 14.2 Å². The highest BCUT2D eigenvalue weighted by atomic mass is 19.1. The first kappa shape index (κ1) is 30.2. The summed E-state index contributed by atoms with van der Waals surface area (Å²) in [5, 5.41) is 0. The number of piperidine rings is 1. The number of rotatable bonds is 10. The van der Waals surface area contributed by atoms with Crippen LogP contribution < -0.4 is 4.74 Å². The van der Waals surface area contributed by atoms with Crippen molar-refractivity contribution in [3.63, 3.8) is 0 Å². The number of aromatic nitrogens is 1. The van der Waals surface area contributed by atoms with Crippen molar-refractivity contribution >= 4 is 11.9 Å². The van der Waals surface area contributed by atoms with Gasteiger partial charge in [0.05, 0.1) is 42.8 Å². The topological polar surface area (TPSA) is 81.2 Å². The van der Waals surface area contributed by atoms with Crippen LogP contribution in [0.25, 0.3) is 11.1 Å². The molecule has 3 aliphatic rings. The van der Waals surface area contributed by atoms with Crippen LogP contribution >= 0.6 is 0 Å². The summed E-state index contributed by atoms with van der Waals surface area (Å²) >= 11 is 0. The molecule has 0 atom stereocenters. The number of nitrogens with zero attached hydrogens (tertiary/aromatic N) is 3. The number of ether oxygens (including phenoxy) is 3. The van der Waals surface area contributed by atoms with Crippen molar-refractivity contribution < 1.29 is 28.2 Å². The summed E-state index contributed by atoms with van der Waals surface area (Å²) in [5.74, 6) is 0.579. The van der Waals surface area contributed by atoms with Crippen molar-refractivity contribution in [1.29, 1.82) is 0 Å². The zero-order chi connectivity index (χ0) is 30.8. The summed E-state index contributed by atoms with van der Waals surface area (Å²) in [5.41, 5.74) is 6.59.